The highest BCUT2D eigenvalue weighted by Crippen LogP contribution is 2.01. The van der Waals surface area contributed by atoms with Gasteiger partial charge < -0.3 is 14.9 Å². The van der Waals surface area contributed by atoms with Crippen molar-refractivity contribution in [3.8, 4) is 0 Å². The minimum absolute atomic E-state index is 0.0846. The molecule has 0 aliphatic carbocycles. The maximum Gasteiger partial charge on any atom is 0.323 e. The normalized spacial score (nSPS) is 10.5. The van der Waals surface area contributed by atoms with E-state index in [2.05, 4.69) is 0 Å². The van der Waals surface area contributed by atoms with Gasteiger partial charge in [0.1, 0.15) is 6.54 Å². The molecule has 0 atom stereocenters. The van der Waals surface area contributed by atoms with Crippen LogP contribution in [0.1, 0.15) is 6.42 Å². The van der Waals surface area contributed by atoms with Crippen LogP contribution in [0.25, 0.3) is 0 Å². The number of hydrogen-bond acceptors (Lipinski definition) is 4. The van der Waals surface area contributed by atoms with Crippen molar-refractivity contribution >= 4 is 23.6 Å². The number of likely N-dealkylation sites (N-methyl/N-ethyl adjacent to an activating group) is 1. The lowest BCUT2D eigenvalue weighted by atomic mass is 10.3. The van der Waals surface area contributed by atoms with Gasteiger partial charge in [-0.1, -0.05) is 0 Å². The monoisotopic (exact) mass is 248 g/mol. The minimum Gasteiger partial charge on any atom is -0.480 e. The average molecular weight is 248 g/mol. The van der Waals surface area contributed by atoms with E-state index in [-0.39, 0.29) is 12.5 Å². The van der Waals surface area contributed by atoms with Crippen LogP contribution in [-0.4, -0.2) is 72.5 Å². The van der Waals surface area contributed by atoms with Crippen molar-refractivity contribution in [2.45, 2.75) is 6.42 Å². The predicted molar refractivity (Wildman–Crippen MR) is 65.8 cm³/mol. The lowest BCUT2D eigenvalue weighted by Gasteiger charge is -2.22. The first kappa shape index (κ1) is 15.2. The molecule has 0 unspecified atom stereocenters. The highest BCUT2D eigenvalue weighted by atomic mass is 32.2. The summed E-state index contributed by atoms with van der Waals surface area (Å²) in [7, 11) is 3.79. The number of carboxylic acid groups (broad SMARTS) is 1. The Hall–Kier alpha value is -0.750. The SMILES string of the molecule is CSCCC(=O)N(CCN(C)C)CC(=O)O. The fourth-order valence-corrected chi connectivity index (χ4v) is 1.50. The summed E-state index contributed by atoms with van der Waals surface area (Å²) in [6.07, 6.45) is 2.33. The van der Waals surface area contributed by atoms with Crippen molar-refractivity contribution in [2.24, 2.45) is 0 Å². The Labute approximate surface area is 101 Å². The number of amides is 1. The van der Waals surface area contributed by atoms with Crippen LogP contribution >= 0.6 is 11.8 Å². The first-order chi connectivity index (χ1) is 7.47. The summed E-state index contributed by atoms with van der Waals surface area (Å²) < 4.78 is 0. The number of carboxylic acids is 1. The van der Waals surface area contributed by atoms with Gasteiger partial charge in [-0.3, -0.25) is 9.59 Å². The first-order valence-electron chi connectivity index (χ1n) is 5.10. The Bertz CT molecular complexity index is 234. The summed E-state index contributed by atoms with van der Waals surface area (Å²) in [6.45, 7) is 0.936. The van der Waals surface area contributed by atoms with E-state index in [1.165, 1.54) is 4.90 Å². The zero-order valence-electron chi connectivity index (χ0n) is 10.1. The highest BCUT2D eigenvalue weighted by Gasteiger charge is 2.15. The molecule has 6 heteroatoms. The van der Waals surface area contributed by atoms with E-state index < -0.39 is 5.97 Å². The summed E-state index contributed by atoms with van der Waals surface area (Å²) in [5.74, 6) is -0.313. The second-order valence-electron chi connectivity index (χ2n) is 3.76. The Morgan fingerprint density at radius 3 is 2.31 bits per heavy atom. The summed E-state index contributed by atoms with van der Waals surface area (Å²) in [5.41, 5.74) is 0. The smallest absolute Gasteiger partial charge is 0.323 e. The van der Waals surface area contributed by atoms with Crippen LogP contribution in [0.4, 0.5) is 0 Å². The molecule has 0 aromatic carbocycles. The zero-order valence-corrected chi connectivity index (χ0v) is 10.9. The van der Waals surface area contributed by atoms with Gasteiger partial charge in [0.05, 0.1) is 0 Å². The van der Waals surface area contributed by atoms with E-state index in [1.807, 2.05) is 25.3 Å². The van der Waals surface area contributed by atoms with Gasteiger partial charge in [0.2, 0.25) is 5.91 Å². The van der Waals surface area contributed by atoms with Crippen molar-refractivity contribution in [3.63, 3.8) is 0 Å². The summed E-state index contributed by atoms with van der Waals surface area (Å²) >= 11 is 1.59. The van der Waals surface area contributed by atoms with Crippen LogP contribution in [-0.2, 0) is 9.59 Å². The van der Waals surface area contributed by atoms with Crippen molar-refractivity contribution in [1.29, 1.82) is 0 Å². The molecule has 0 spiro atoms. The second-order valence-corrected chi connectivity index (χ2v) is 4.74. The molecule has 0 saturated heterocycles. The largest absolute Gasteiger partial charge is 0.480 e. The molecule has 1 amide bonds. The number of hydrogen-bond donors (Lipinski definition) is 1. The van der Waals surface area contributed by atoms with Crippen LogP contribution in [0.2, 0.25) is 0 Å². The number of thioether (sulfide) groups is 1. The molecular formula is C10H20N2O3S. The lowest BCUT2D eigenvalue weighted by Crippen LogP contribution is -2.40. The molecule has 0 aliphatic heterocycles. The van der Waals surface area contributed by atoms with E-state index in [0.29, 0.717) is 19.5 Å². The van der Waals surface area contributed by atoms with E-state index in [4.69, 9.17) is 5.11 Å². The third-order valence-electron chi connectivity index (χ3n) is 2.02. The summed E-state index contributed by atoms with van der Waals surface area (Å²) in [4.78, 5) is 25.6. The van der Waals surface area contributed by atoms with Crippen molar-refractivity contribution in [2.75, 3.05) is 45.7 Å². The Balaban J connectivity index is 4.17. The molecule has 0 bridgehead atoms. The quantitative estimate of drug-likeness (QED) is 0.665. The molecule has 0 rings (SSSR count). The van der Waals surface area contributed by atoms with E-state index in [9.17, 15) is 9.59 Å². The molecule has 0 saturated carbocycles. The van der Waals surface area contributed by atoms with Crippen LogP contribution in [0.3, 0.4) is 0 Å². The molecule has 5 nitrogen and oxygen atoms in total. The fraction of sp³-hybridized carbons (Fsp3) is 0.800. The van der Waals surface area contributed by atoms with E-state index in [0.717, 1.165) is 5.75 Å². The lowest BCUT2D eigenvalue weighted by molar-refractivity contribution is -0.144. The molecule has 0 fully saturated rings. The summed E-state index contributed by atoms with van der Waals surface area (Å²) in [5, 5.41) is 8.71. The molecule has 0 aromatic heterocycles. The highest BCUT2D eigenvalue weighted by molar-refractivity contribution is 7.98. The number of carbonyl (C=O) groups is 2. The molecule has 0 aliphatic rings. The maximum absolute atomic E-state index is 11.7. The number of aliphatic carboxylic acids is 1. The molecule has 94 valence electrons. The van der Waals surface area contributed by atoms with E-state index >= 15 is 0 Å². The maximum atomic E-state index is 11.7. The number of nitrogens with zero attached hydrogens (tertiary/aromatic N) is 2. The molecule has 0 heterocycles. The zero-order chi connectivity index (χ0) is 12.6. The number of carbonyl (C=O) groups excluding carboxylic acids is 1. The van der Waals surface area contributed by atoms with Gasteiger partial charge in [-0.15, -0.1) is 0 Å². The van der Waals surface area contributed by atoms with Gasteiger partial charge >= 0.3 is 5.97 Å². The van der Waals surface area contributed by atoms with E-state index in [1.54, 1.807) is 11.8 Å². The van der Waals surface area contributed by atoms with Crippen molar-refractivity contribution < 1.29 is 14.7 Å². The second kappa shape index (κ2) is 8.41. The Kier molecular flexibility index (Phi) is 8.01. The van der Waals surface area contributed by atoms with Crippen LogP contribution in [0.5, 0.6) is 0 Å². The van der Waals surface area contributed by atoms with Gasteiger partial charge in [-0.2, -0.15) is 11.8 Å². The van der Waals surface area contributed by atoms with Gasteiger partial charge in [0.15, 0.2) is 0 Å². The standard InChI is InChI=1S/C10H20N2O3S/c1-11(2)5-6-12(8-10(14)15)9(13)4-7-16-3/h4-8H2,1-3H3,(H,14,15). The molecule has 16 heavy (non-hydrogen) atoms. The molecular weight excluding hydrogens is 228 g/mol. The third-order valence-corrected chi connectivity index (χ3v) is 2.63. The topological polar surface area (TPSA) is 60.9 Å². The predicted octanol–water partition coefficient (Wildman–Crippen LogP) is 0.214. The van der Waals surface area contributed by atoms with Crippen LogP contribution in [0.15, 0.2) is 0 Å². The molecule has 1 N–H and O–H groups in total. The minimum atomic E-state index is -0.962. The van der Waals surface area contributed by atoms with Crippen molar-refractivity contribution in [3.05, 3.63) is 0 Å². The fourth-order valence-electron chi connectivity index (χ4n) is 1.12. The van der Waals surface area contributed by atoms with Crippen LogP contribution < -0.4 is 0 Å². The number of rotatable bonds is 8. The van der Waals surface area contributed by atoms with Gasteiger partial charge in [0.25, 0.3) is 0 Å². The Morgan fingerprint density at radius 2 is 1.88 bits per heavy atom. The van der Waals surface area contributed by atoms with Crippen LogP contribution in [0, 0.1) is 0 Å². The molecule has 0 aromatic rings. The van der Waals surface area contributed by atoms with Gasteiger partial charge in [-0.25, -0.2) is 0 Å². The first-order valence-corrected chi connectivity index (χ1v) is 6.50. The average Bonchev–Trinajstić information content (AvgIpc) is 2.19. The van der Waals surface area contributed by atoms with Crippen molar-refractivity contribution in [1.82, 2.24) is 9.80 Å². The Morgan fingerprint density at radius 1 is 1.25 bits per heavy atom. The summed E-state index contributed by atoms with van der Waals surface area (Å²) in [6, 6.07) is 0. The molecule has 0 radical (unpaired) electrons. The third kappa shape index (κ3) is 7.53. The van der Waals surface area contributed by atoms with Gasteiger partial charge in [-0.05, 0) is 20.4 Å². The van der Waals surface area contributed by atoms with Gasteiger partial charge in [0, 0.05) is 25.3 Å².